The molecule has 2 unspecified atom stereocenters. The molecule has 3 heterocycles. The minimum absolute atomic E-state index is 0.187. The van der Waals surface area contributed by atoms with Crippen molar-refractivity contribution >= 4 is 39.3 Å². The number of para-hydroxylation sites is 1. The lowest BCUT2D eigenvalue weighted by atomic mass is 9.78. The first-order valence-electron chi connectivity index (χ1n) is 14.6. The number of hydrogen-bond acceptors (Lipinski definition) is 4. The van der Waals surface area contributed by atoms with Crippen LogP contribution in [0.15, 0.2) is 84.9 Å². The van der Waals surface area contributed by atoms with Crippen LogP contribution in [0.25, 0.3) is 21.7 Å². The average molecular weight is 560 g/mol. The summed E-state index contributed by atoms with van der Waals surface area (Å²) in [4.78, 5) is 35.5. The highest BCUT2D eigenvalue weighted by atomic mass is 16.5. The van der Waals surface area contributed by atoms with E-state index in [4.69, 9.17) is 9.47 Å². The fourth-order valence-electron chi connectivity index (χ4n) is 6.65. The minimum atomic E-state index is -1.19. The number of urea groups is 1. The largest absolute Gasteiger partial charge is 0.490 e. The van der Waals surface area contributed by atoms with Crippen molar-refractivity contribution in [2.24, 2.45) is 0 Å². The lowest BCUT2D eigenvalue weighted by molar-refractivity contribution is -0.125. The smallest absolute Gasteiger partial charge is 0.332 e. The van der Waals surface area contributed by atoms with Crippen molar-refractivity contribution in [1.29, 1.82) is 0 Å². The number of carbonyl (C=O) groups is 2. The zero-order valence-corrected chi connectivity index (χ0v) is 24.0. The molecule has 4 aromatic carbocycles. The summed E-state index contributed by atoms with van der Waals surface area (Å²) < 4.78 is 12.0. The Balaban J connectivity index is 1.40. The average Bonchev–Trinajstić information content (AvgIpc) is 3.49. The van der Waals surface area contributed by atoms with E-state index in [2.05, 4.69) is 24.0 Å². The molecule has 1 saturated heterocycles. The van der Waals surface area contributed by atoms with Gasteiger partial charge in [-0.2, -0.15) is 0 Å². The molecule has 212 valence electrons. The summed E-state index contributed by atoms with van der Waals surface area (Å²) in [7, 11) is 0. The highest BCUT2D eigenvalue weighted by Crippen LogP contribution is 2.51. The van der Waals surface area contributed by atoms with Crippen molar-refractivity contribution in [3.05, 3.63) is 102 Å². The number of fused-ring (bicyclic) bond motifs is 6. The van der Waals surface area contributed by atoms with Crippen LogP contribution in [0, 0.1) is 0 Å². The zero-order chi connectivity index (χ0) is 29.0. The van der Waals surface area contributed by atoms with E-state index in [1.54, 1.807) is 4.90 Å². The molecule has 5 aromatic rings. The summed E-state index contributed by atoms with van der Waals surface area (Å²) in [5.74, 6) is 0.942. The van der Waals surface area contributed by atoms with Gasteiger partial charge in [-0.15, -0.1) is 0 Å². The summed E-state index contributed by atoms with van der Waals surface area (Å²) in [6.07, 6.45) is 0.894. The van der Waals surface area contributed by atoms with Gasteiger partial charge in [-0.25, -0.2) is 9.69 Å². The Hall–Kier alpha value is -4.78. The molecule has 2 aliphatic rings. The maximum Gasteiger partial charge on any atom is 0.332 e. The third-order valence-electron chi connectivity index (χ3n) is 8.67. The zero-order valence-electron chi connectivity index (χ0n) is 24.0. The first kappa shape index (κ1) is 26.1. The van der Waals surface area contributed by atoms with Crippen LogP contribution >= 0.6 is 0 Å². The van der Waals surface area contributed by atoms with Gasteiger partial charge in [-0.3, -0.25) is 4.79 Å². The number of aromatic amines is 1. The second-order valence-corrected chi connectivity index (χ2v) is 11.1. The highest BCUT2D eigenvalue weighted by Gasteiger charge is 2.60. The Bertz CT molecular complexity index is 1860. The van der Waals surface area contributed by atoms with E-state index in [0.29, 0.717) is 36.9 Å². The van der Waals surface area contributed by atoms with Gasteiger partial charge < -0.3 is 19.4 Å². The van der Waals surface area contributed by atoms with Crippen molar-refractivity contribution < 1.29 is 19.1 Å². The molecular formula is C35H33N3O4. The van der Waals surface area contributed by atoms with Gasteiger partial charge in [0, 0.05) is 28.8 Å². The van der Waals surface area contributed by atoms with Crippen LogP contribution in [-0.2, 0) is 10.3 Å². The molecule has 7 heteroatoms. The molecule has 0 saturated carbocycles. The Morgan fingerprint density at radius 1 is 0.881 bits per heavy atom. The monoisotopic (exact) mass is 559 g/mol. The van der Waals surface area contributed by atoms with Crippen LogP contribution in [0.5, 0.6) is 11.5 Å². The maximum atomic E-state index is 14.5. The highest BCUT2D eigenvalue weighted by molar-refractivity contribution is 6.26. The van der Waals surface area contributed by atoms with Gasteiger partial charge in [0.2, 0.25) is 0 Å². The van der Waals surface area contributed by atoms with E-state index >= 15 is 0 Å². The molecule has 0 radical (unpaired) electrons. The topological polar surface area (TPSA) is 74.9 Å². The minimum Gasteiger partial charge on any atom is -0.490 e. The van der Waals surface area contributed by atoms with Crippen molar-refractivity contribution in [3.63, 3.8) is 0 Å². The molecule has 2 aliphatic heterocycles. The normalized spacial score (nSPS) is 19.8. The molecule has 42 heavy (non-hydrogen) atoms. The number of H-pyrrole nitrogens is 1. The number of nitrogens with one attached hydrogen (secondary N) is 1. The fraction of sp³-hybridized carbons (Fsp3) is 0.257. The first-order chi connectivity index (χ1) is 20.5. The van der Waals surface area contributed by atoms with Gasteiger partial charge in [-0.05, 0) is 61.0 Å². The van der Waals surface area contributed by atoms with Crippen LogP contribution in [-0.4, -0.2) is 41.6 Å². The van der Waals surface area contributed by atoms with Crippen molar-refractivity contribution in [2.75, 3.05) is 24.7 Å². The Morgan fingerprint density at radius 3 is 2.45 bits per heavy atom. The predicted octanol–water partition coefficient (Wildman–Crippen LogP) is 7.34. The van der Waals surface area contributed by atoms with Gasteiger partial charge >= 0.3 is 6.03 Å². The lowest BCUT2D eigenvalue weighted by Crippen LogP contribution is -2.50. The standard InChI is InChI=1S/C35H33N3O4/c1-4-19-42-29-18-17-23(20-30(29)41-5-2)26-21-37-34(40)38(28-16-10-12-22-11-6-7-13-24(22)28)33(39)35(37,3)32-31(26)25-14-8-9-15-27(25)36-32/h6-18,20,26,36H,4-5,19,21H2,1-3H3. The van der Waals surface area contributed by atoms with Gasteiger partial charge in [0.15, 0.2) is 17.0 Å². The van der Waals surface area contributed by atoms with E-state index in [0.717, 1.165) is 44.9 Å². The van der Waals surface area contributed by atoms with Crippen LogP contribution in [0.3, 0.4) is 0 Å². The van der Waals surface area contributed by atoms with Gasteiger partial charge in [-0.1, -0.05) is 67.6 Å². The summed E-state index contributed by atoms with van der Waals surface area (Å²) in [5, 5.41) is 2.89. The number of benzene rings is 4. The second-order valence-electron chi connectivity index (χ2n) is 11.1. The number of hydrogen-bond donors (Lipinski definition) is 1. The van der Waals surface area contributed by atoms with E-state index in [1.807, 2.05) is 86.6 Å². The Morgan fingerprint density at radius 2 is 1.64 bits per heavy atom. The second kappa shape index (κ2) is 9.94. The summed E-state index contributed by atoms with van der Waals surface area (Å²) in [6, 6.07) is 27.4. The molecule has 2 atom stereocenters. The number of aromatic nitrogens is 1. The summed E-state index contributed by atoms with van der Waals surface area (Å²) in [5.41, 5.74) is 3.14. The predicted molar refractivity (Wildman–Crippen MR) is 164 cm³/mol. The quantitative estimate of drug-likeness (QED) is 0.212. The van der Waals surface area contributed by atoms with Crippen LogP contribution in [0.2, 0.25) is 0 Å². The number of nitrogens with zero attached hydrogens (tertiary/aromatic N) is 2. The molecule has 1 N–H and O–H groups in total. The van der Waals surface area contributed by atoms with E-state index in [9.17, 15) is 9.59 Å². The van der Waals surface area contributed by atoms with E-state index < -0.39 is 5.54 Å². The number of rotatable bonds is 7. The third kappa shape index (κ3) is 3.73. The molecule has 1 aromatic heterocycles. The molecule has 7 nitrogen and oxygen atoms in total. The number of anilines is 1. The molecule has 1 fully saturated rings. The number of ether oxygens (including phenoxy) is 2. The number of amides is 3. The summed E-state index contributed by atoms with van der Waals surface area (Å²) >= 11 is 0. The molecular weight excluding hydrogens is 526 g/mol. The molecule has 0 bridgehead atoms. The van der Waals surface area contributed by atoms with Crippen LogP contribution < -0.4 is 14.4 Å². The SMILES string of the molecule is CCCOc1ccc(C2CN3C(=O)N(c4cccc5ccccc45)C(=O)C3(C)c3[nH]c4ccccc4c32)cc1OCC. The van der Waals surface area contributed by atoms with Gasteiger partial charge in [0.1, 0.15) is 0 Å². The van der Waals surface area contributed by atoms with Crippen molar-refractivity contribution in [1.82, 2.24) is 9.88 Å². The molecule has 0 spiro atoms. The lowest BCUT2D eigenvalue weighted by Gasteiger charge is -2.40. The third-order valence-corrected chi connectivity index (χ3v) is 8.67. The van der Waals surface area contributed by atoms with Gasteiger partial charge in [0.25, 0.3) is 5.91 Å². The van der Waals surface area contributed by atoms with Gasteiger partial charge in [0.05, 0.1) is 24.6 Å². The fourth-order valence-corrected chi connectivity index (χ4v) is 6.65. The number of imide groups is 1. The van der Waals surface area contributed by atoms with E-state index in [1.165, 1.54) is 4.90 Å². The van der Waals surface area contributed by atoms with Crippen LogP contribution in [0.4, 0.5) is 10.5 Å². The first-order valence-corrected chi connectivity index (χ1v) is 14.6. The number of carbonyl (C=O) groups excluding carboxylic acids is 2. The Kier molecular flexibility index (Phi) is 6.19. The molecule has 7 rings (SSSR count). The van der Waals surface area contributed by atoms with Crippen molar-refractivity contribution in [3.8, 4) is 11.5 Å². The molecule has 3 amide bonds. The van der Waals surface area contributed by atoms with E-state index in [-0.39, 0.29) is 17.9 Å². The van der Waals surface area contributed by atoms with Crippen LogP contribution in [0.1, 0.15) is 49.9 Å². The maximum absolute atomic E-state index is 14.5. The van der Waals surface area contributed by atoms with Crippen molar-refractivity contribution in [2.45, 2.75) is 38.6 Å². The Labute approximate surface area is 244 Å². The summed E-state index contributed by atoms with van der Waals surface area (Å²) in [6.45, 7) is 7.35. The molecule has 0 aliphatic carbocycles.